The molecule has 0 radical (unpaired) electrons. The highest BCUT2D eigenvalue weighted by molar-refractivity contribution is 5.74. The number of benzene rings is 1. The molecule has 0 fully saturated rings. The highest BCUT2D eigenvalue weighted by Crippen LogP contribution is 2.42. The fourth-order valence-electron chi connectivity index (χ4n) is 2.43. The van der Waals surface area contributed by atoms with E-state index in [0.29, 0.717) is 6.54 Å². The van der Waals surface area contributed by atoms with Crippen molar-refractivity contribution in [2.24, 2.45) is 10.7 Å². The molecule has 1 heterocycles. The van der Waals surface area contributed by atoms with Crippen molar-refractivity contribution in [2.75, 3.05) is 6.54 Å². The molecular formula is C11H11FN2O. The molecule has 3 nitrogen and oxygen atoms in total. The average molecular weight is 206 g/mol. The van der Waals surface area contributed by atoms with Gasteiger partial charge in [0.25, 0.3) is 6.02 Å². The van der Waals surface area contributed by atoms with Gasteiger partial charge < -0.3 is 10.5 Å². The van der Waals surface area contributed by atoms with E-state index < -0.39 is 5.60 Å². The third-order valence-electron chi connectivity index (χ3n) is 3.15. The van der Waals surface area contributed by atoms with E-state index in [-0.39, 0.29) is 11.8 Å². The Hall–Kier alpha value is -1.58. The van der Waals surface area contributed by atoms with Crippen molar-refractivity contribution in [3.8, 4) is 0 Å². The summed E-state index contributed by atoms with van der Waals surface area (Å²) in [5, 5.41) is 0. The SMILES string of the molecule is NC1=NC[C@@]2(CCc3cc(F)ccc32)O1. The minimum Gasteiger partial charge on any atom is -0.452 e. The number of nitrogens with two attached hydrogens (primary N) is 1. The van der Waals surface area contributed by atoms with Crippen molar-refractivity contribution in [3.63, 3.8) is 0 Å². The van der Waals surface area contributed by atoms with Gasteiger partial charge in [0.15, 0.2) is 5.60 Å². The Bertz CT molecular complexity index is 458. The monoisotopic (exact) mass is 206 g/mol. The lowest BCUT2D eigenvalue weighted by Crippen LogP contribution is -2.29. The van der Waals surface area contributed by atoms with Gasteiger partial charge in [-0.25, -0.2) is 9.38 Å². The van der Waals surface area contributed by atoms with Crippen LogP contribution in [-0.2, 0) is 16.8 Å². The predicted octanol–water partition coefficient (Wildman–Crippen LogP) is 1.31. The number of fused-ring (bicyclic) bond motifs is 2. The predicted molar refractivity (Wildman–Crippen MR) is 54.0 cm³/mol. The first-order valence-electron chi connectivity index (χ1n) is 4.97. The largest absolute Gasteiger partial charge is 0.452 e. The molecule has 1 atom stereocenters. The summed E-state index contributed by atoms with van der Waals surface area (Å²) in [6.07, 6.45) is 1.66. The van der Waals surface area contributed by atoms with Crippen LogP contribution < -0.4 is 5.73 Å². The van der Waals surface area contributed by atoms with E-state index in [1.807, 2.05) is 0 Å². The Labute approximate surface area is 86.8 Å². The molecule has 78 valence electrons. The summed E-state index contributed by atoms with van der Waals surface area (Å²) in [6.45, 7) is 0.553. The second-order valence-electron chi connectivity index (χ2n) is 4.05. The molecule has 0 bridgehead atoms. The molecule has 1 spiro atoms. The fraction of sp³-hybridized carbons (Fsp3) is 0.364. The van der Waals surface area contributed by atoms with Crippen LogP contribution in [-0.4, -0.2) is 12.6 Å². The van der Waals surface area contributed by atoms with Gasteiger partial charge >= 0.3 is 0 Å². The number of nitrogens with zero attached hydrogens (tertiary/aromatic N) is 1. The first kappa shape index (κ1) is 8.71. The minimum absolute atomic E-state index is 0.197. The third-order valence-corrected chi connectivity index (χ3v) is 3.15. The molecule has 0 unspecified atom stereocenters. The van der Waals surface area contributed by atoms with E-state index in [1.165, 1.54) is 6.07 Å². The second-order valence-corrected chi connectivity index (χ2v) is 4.05. The molecule has 0 amide bonds. The van der Waals surface area contributed by atoms with Crippen molar-refractivity contribution in [2.45, 2.75) is 18.4 Å². The lowest BCUT2D eigenvalue weighted by molar-refractivity contribution is 0.0858. The number of hydrogen-bond donors (Lipinski definition) is 1. The zero-order valence-corrected chi connectivity index (χ0v) is 8.16. The molecule has 15 heavy (non-hydrogen) atoms. The number of aliphatic imine (C=N–C) groups is 1. The summed E-state index contributed by atoms with van der Waals surface area (Å²) in [5.74, 6) is -0.197. The van der Waals surface area contributed by atoms with Gasteiger partial charge in [-0.05, 0) is 30.5 Å². The van der Waals surface area contributed by atoms with Crippen LogP contribution in [0.25, 0.3) is 0 Å². The molecular weight excluding hydrogens is 195 g/mol. The maximum Gasteiger partial charge on any atom is 0.283 e. The maximum atomic E-state index is 13.0. The Morgan fingerprint density at radius 1 is 1.47 bits per heavy atom. The lowest BCUT2D eigenvalue weighted by atomic mass is 9.96. The number of ether oxygens (including phenoxy) is 1. The summed E-state index contributed by atoms with van der Waals surface area (Å²) >= 11 is 0. The zero-order valence-electron chi connectivity index (χ0n) is 8.16. The van der Waals surface area contributed by atoms with Gasteiger partial charge in [-0.2, -0.15) is 0 Å². The normalized spacial score (nSPS) is 27.7. The van der Waals surface area contributed by atoms with Gasteiger partial charge in [0.2, 0.25) is 0 Å². The summed E-state index contributed by atoms with van der Waals surface area (Å²) < 4.78 is 18.6. The van der Waals surface area contributed by atoms with E-state index >= 15 is 0 Å². The van der Waals surface area contributed by atoms with Crippen molar-refractivity contribution < 1.29 is 9.13 Å². The smallest absolute Gasteiger partial charge is 0.283 e. The van der Waals surface area contributed by atoms with Gasteiger partial charge in [-0.3, -0.25) is 0 Å². The Morgan fingerprint density at radius 2 is 2.33 bits per heavy atom. The Morgan fingerprint density at radius 3 is 3.07 bits per heavy atom. The van der Waals surface area contributed by atoms with Gasteiger partial charge in [-0.15, -0.1) is 0 Å². The van der Waals surface area contributed by atoms with Crippen LogP contribution in [0.1, 0.15) is 17.5 Å². The van der Waals surface area contributed by atoms with Crippen molar-refractivity contribution >= 4 is 6.02 Å². The van der Waals surface area contributed by atoms with E-state index in [1.54, 1.807) is 12.1 Å². The van der Waals surface area contributed by atoms with Crippen molar-refractivity contribution in [1.29, 1.82) is 0 Å². The molecule has 0 saturated carbocycles. The van der Waals surface area contributed by atoms with Crippen LogP contribution >= 0.6 is 0 Å². The molecule has 4 heteroatoms. The average Bonchev–Trinajstić information content (AvgIpc) is 2.73. The van der Waals surface area contributed by atoms with Crippen LogP contribution in [0.15, 0.2) is 23.2 Å². The van der Waals surface area contributed by atoms with Crippen molar-refractivity contribution in [1.82, 2.24) is 0 Å². The second kappa shape index (κ2) is 2.72. The highest BCUT2D eigenvalue weighted by Gasteiger charge is 2.44. The van der Waals surface area contributed by atoms with Crippen LogP contribution in [0.4, 0.5) is 4.39 Å². The highest BCUT2D eigenvalue weighted by atomic mass is 19.1. The molecule has 1 aromatic carbocycles. The molecule has 3 rings (SSSR count). The zero-order chi connectivity index (χ0) is 10.5. The standard InChI is InChI=1S/C11H11FN2O/c12-8-1-2-9-7(5-8)3-4-11(9)6-14-10(13)15-11/h1-2,5H,3-4,6H2,(H2,13,14)/t11-/m1/s1. The van der Waals surface area contributed by atoms with Crippen LogP contribution in [0.3, 0.4) is 0 Å². The molecule has 0 saturated heterocycles. The number of rotatable bonds is 0. The molecule has 0 aromatic heterocycles. The van der Waals surface area contributed by atoms with Crippen LogP contribution in [0, 0.1) is 5.82 Å². The third kappa shape index (κ3) is 1.14. The quantitative estimate of drug-likeness (QED) is 0.695. The summed E-state index contributed by atoms with van der Waals surface area (Å²) in [7, 11) is 0. The van der Waals surface area contributed by atoms with Crippen LogP contribution in [0.5, 0.6) is 0 Å². The first-order chi connectivity index (χ1) is 7.20. The van der Waals surface area contributed by atoms with Gasteiger partial charge in [0, 0.05) is 5.56 Å². The Kier molecular flexibility index (Phi) is 1.58. The molecule has 1 aromatic rings. The summed E-state index contributed by atoms with van der Waals surface area (Å²) in [5.41, 5.74) is 7.17. The van der Waals surface area contributed by atoms with Gasteiger partial charge in [0.05, 0.1) is 6.54 Å². The molecule has 2 N–H and O–H groups in total. The number of amidine groups is 1. The first-order valence-corrected chi connectivity index (χ1v) is 4.97. The number of aryl methyl sites for hydroxylation is 1. The van der Waals surface area contributed by atoms with E-state index in [4.69, 9.17) is 10.5 Å². The van der Waals surface area contributed by atoms with Gasteiger partial charge in [0.1, 0.15) is 5.82 Å². The van der Waals surface area contributed by atoms with E-state index in [0.717, 1.165) is 24.0 Å². The molecule has 1 aliphatic heterocycles. The lowest BCUT2D eigenvalue weighted by Gasteiger charge is -2.23. The summed E-state index contributed by atoms with van der Waals surface area (Å²) in [4.78, 5) is 4.07. The number of halogens is 1. The maximum absolute atomic E-state index is 13.0. The van der Waals surface area contributed by atoms with E-state index in [2.05, 4.69) is 4.99 Å². The minimum atomic E-state index is -0.410. The summed E-state index contributed by atoms with van der Waals surface area (Å²) in [6, 6.07) is 5.06. The topological polar surface area (TPSA) is 47.6 Å². The molecule has 2 aliphatic rings. The Balaban J connectivity index is 2.06. The van der Waals surface area contributed by atoms with Crippen molar-refractivity contribution in [3.05, 3.63) is 35.1 Å². The van der Waals surface area contributed by atoms with Crippen LogP contribution in [0.2, 0.25) is 0 Å². The fourth-order valence-corrected chi connectivity index (χ4v) is 2.43. The van der Waals surface area contributed by atoms with E-state index in [9.17, 15) is 4.39 Å². The van der Waals surface area contributed by atoms with Gasteiger partial charge in [-0.1, -0.05) is 6.07 Å². The molecule has 1 aliphatic carbocycles. The number of hydrogen-bond acceptors (Lipinski definition) is 3.